The van der Waals surface area contributed by atoms with Gasteiger partial charge in [0.1, 0.15) is 0 Å². The maximum absolute atomic E-state index is 10.9. The molecule has 0 spiro atoms. The minimum atomic E-state index is -0.349. The van der Waals surface area contributed by atoms with E-state index in [2.05, 4.69) is 0 Å². The predicted molar refractivity (Wildman–Crippen MR) is 63.6 cm³/mol. The summed E-state index contributed by atoms with van der Waals surface area (Å²) in [5.74, 6) is 0.703. The van der Waals surface area contributed by atoms with Gasteiger partial charge in [0.2, 0.25) is 0 Å². The molecular formula is C13H16O3. The van der Waals surface area contributed by atoms with Crippen molar-refractivity contribution in [1.29, 1.82) is 0 Å². The number of carbonyl (C=O) groups excluding carboxylic acids is 1. The molecule has 0 radical (unpaired) electrons. The second-order valence-electron chi connectivity index (χ2n) is 3.23. The van der Waals surface area contributed by atoms with Crippen molar-refractivity contribution in [2.24, 2.45) is 0 Å². The standard InChI is InChI=1S/C13H16O3/c1-4-6-11-7-8-12(15-5-2)13(9-11)16-10(3)14/h4,6-9H,5H2,1-3H3/b6-4-. The van der Waals surface area contributed by atoms with E-state index >= 15 is 0 Å². The zero-order valence-corrected chi connectivity index (χ0v) is 9.82. The van der Waals surface area contributed by atoms with Gasteiger partial charge < -0.3 is 9.47 Å². The highest BCUT2D eigenvalue weighted by molar-refractivity contribution is 5.71. The van der Waals surface area contributed by atoms with Crippen LogP contribution < -0.4 is 9.47 Å². The summed E-state index contributed by atoms with van der Waals surface area (Å²) in [5.41, 5.74) is 0.974. The molecule has 1 aromatic rings. The van der Waals surface area contributed by atoms with E-state index in [4.69, 9.17) is 9.47 Å². The van der Waals surface area contributed by atoms with E-state index in [0.29, 0.717) is 18.1 Å². The molecule has 0 aromatic heterocycles. The van der Waals surface area contributed by atoms with Gasteiger partial charge in [-0.05, 0) is 31.5 Å². The van der Waals surface area contributed by atoms with Crippen LogP contribution in [-0.2, 0) is 4.79 Å². The number of carbonyl (C=O) groups is 1. The molecule has 1 rings (SSSR count). The first-order chi connectivity index (χ1) is 7.67. The number of hydrogen-bond donors (Lipinski definition) is 0. The minimum absolute atomic E-state index is 0.349. The Hall–Kier alpha value is -1.77. The lowest BCUT2D eigenvalue weighted by molar-refractivity contribution is -0.132. The van der Waals surface area contributed by atoms with Crippen LogP contribution in [0.1, 0.15) is 26.3 Å². The first-order valence-electron chi connectivity index (χ1n) is 5.25. The van der Waals surface area contributed by atoms with Gasteiger partial charge in [-0.15, -0.1) is 0 Å². The van der Waals surface area contributed by atoms with Gasteiger partial charge in [0, 0.05) is 6.92 Å². The fourth-order valence-electron chi connectivity index (χ4n) is 1.33. The van der Waals surface area contributed by atoms with Crippen molar-refractivity contribution in [3.8, 4) is 11.5 Å². The van der Waals surface area contributed by atoms with Crippen LogP contribution in [0, 0.1) is 0 Å². The van der Waals surface area contributed by atoms with E-state index in [0.717, 1.165) is 5.56 Å². The van der Waals surface area contributed by atoms with Gasteiger partial charge in [-0.3, -0.25) is 4.79 Å². The highest BCUT2D eigenvalue weighted by Crippen LogP contribution is 2.29. The molecule has 0 aliphatic heterocycles. The Kier molecular flexibility index (Phi) is 4.58. The van der Waals surface area contributed by atoms with Crippen molar-refractivity contribution >= 4 is 12.0 Å². The lowest BCUT2D eigenvalue weighted by atomic mass is 10.2. The topological polar surface area (TPSA) is 35.5 Å². The van der Waals surface area contributed by atoms with Crippen molar-refractivity contribution in [3.05, 3.63) is 29.8 Å². The first-order valence-corrected chi connectivity index (χ1v) is 5.25. The van der Waals surface area contributed by atoms with Crippen LogP contribution in [-0.4, -0.2) is 12.6 Å². The third-order valence-electron chi connectivity index (χ3n) is 1.88. The molecule has 0 amide bonds. The molecule has 0 unspecified atom stereocenters. The maximum atomic E-state index is 10.9. The molecule has 0 heterocycles. The summed E-state index contributed by atoms with van der Waals surface area (Å²) < 4.78 is 10.5. The molecular weight excluding hydrogens is 204 g/mol. The molecule has 0 aliphatic carbocycles. The largest absolute Gasteiger partial charge is 0.490 e. The average molecular weight is 220 g/mol. The molecule has 1 aromatic carbocycles. The molecule has 0 atom stereocenters. The van der Waals surface area contributed by atoms with Crippen LogP contribution >= 0.6 is 0 Å². The van der Waals surface area contributed by atoms with Gasteiger partial charge in [-0.2, -0.15) is 0 Å². The van der Waals surface area contributed by atoms with E-state index in [9.17, 15) is 4.79 Å². The fraction of sp³-hybridized carbons (Fsp3) is 0.308. The highest BCUT2D eigenvalue weighted by atomic mass is 16.6. The van der Waals surface area contributed by atoms with E-state index in [1.54, 1.807) is 12.1 Å². The fourth-order valence-corrected chi connectivity index (χ4v) is 1.33. The number of allylic oxidation sites excluding steroid dienone is 1. The van der Waals surface area contributed by atoms with E-state index in [1.165, 1.54) is 6.92 Å². The van der Waals surface area contributed by atoms with Crippen LogP contribution in [0.2, 0.25) is 0 Å². The Labute approximate surface area is 95.7 Å². The first kappa shape index (κ1) is 12.3. The van der Waals surface area contributed by atoms with Crippen molar-refractivity contribution < 1.29 is 14.3 Å². The molecule has 0 saturated heterocycles. The lowest BCUT2D eigenvalue weighted by Crippen LogP contribution is -2.04. The Bertz CT molecular complexity index is 394. The van der Waals surface area contributed by atoms with Crippen molar-refractivity contribution in [2.45, 2.75) is 20.8 Å². The minimum Gasteiger partial charge on any atom is -0.490 e. The summed E-state index contributed by atoms with van der Waals surface area (Å²) in [6.45, 7) is 5.73. The summed E-state index contributed by atoms with van der Waals surface area (Å²) in [4.78, 5) is 10.9. The smallest absolute Gasteiger partial charge is 0.308 e. The van der Waals surface area contributed by atoms with Crippen molar-refractivity contribution in [3.63, 3.8) is 0 Å². The van der Waals surface area contributed by atoms with E-state index < -0.39 is 0 Å². The van der Waals surface area contributed by atoms with Gasteiger partial charge >= 0.3 is 5.97 Å². The Morgan fingerprint density at radius 1 is 1.38 bits per heavy atom. The second kappa shape index (κ2) is 5.95. The zero-order valence-electron chi connectivity index (χ0n) is 9.82. The van der Waals surface area contributed by atoms with Crippen molar-refractivity contribution in [1.82, 2.24) is 0 Å². The van der Waals surface area contributed by atoms with Crippen LogP contribution in [0.15, 0.2) is 24.3 Å². The Morgan fingerprint density at radius 2 is 2.12 bits per heavy atom. The predicted octanol–water partition coefficient (Wildman–Crippen LogP) is 3.04. The Morgan fingerprint density at radius 3 is 2.69 bits per heavy atom. The van der Waals surface area contributed by atoms with Gasteiger partial charge in [0.15, 0.2) is 11.5 Å². The zero-order chi connectivity index (χ0) is 12.0. The number of benzene rings is 1. The summed E-state index contributed by atoms with van der Waals surface area (Å²) >= 11 is 0. The van der Waals surface area contributed by atoms with Gasteiger partial charge in [-0.1, -0.05) is 18.2 Å². The van der Waals surface area contributed by atoms with Crippen LogP contribution in [0.3, 0.4) is 0 Å². The number of esters is 1. The third kappa shape index (κ3) is 3.42. The normalized spacial score (nSPS) is 10.4. The Balaban J connectivity index is 3.04. The third-order valence-corrected chi connectivity index (χ3v) is 1.88. The average Bonchev–Trinajstić information content (AvgIpc) is 2.22. The molecule has 0 fully saturated rings. The molecule has 0 bridgehead atoms. The number of rotatable bonds is 4. The van der Waals surface area contributed by atoms with E-state index in [-0.39, 0.29) is 5.97 Å². The van der Waals surface area contributed by atoms with Gasteiger partial charge in [0.05, 0.1) is 6.61 Å². The SMILES string of the molecule is C/C=C\c1ccc(OCC)c(OC(C)=O)c1. The monoisotopic (exact) mass is 220 g/mol. The molecule has 0 aliphatic rings. The molecule has 86 valence electrons. The van der Waals surface area contributed by atoms with Crippen molar-refractivity contribution in [2.75, 3.05) is 6.61 Å². The lowest BCUT2D eigenvalue weighted by Gasteiger charge is -2.10. The molecule has 3 nitrogen and oxygen atoms in total. The van der Waals surface area contributed by atoms with Crippen LogP contribution in [0.5, 0.6) is 11.5 Å². The van der Waals surface area contributed by atoms with Crippen LogP contribution in [0.4, 0.5) is 0 Å². The quantitative estimate of drug-likeness (QED) is 0.578. The molecule has 3 heteroatoms. The second-order valence-corrected chi connectivity index (χ2v) is 3.23. The summed E-state index contributed by atoms with van der Waals surface area (Å²) in [7, 11) is 0. The summed E-state index contributed by atoms with van der Waals surface area (Å²) in [6, 6.07) is 5.50. The van der Waals surface area contributed by atoms with Gasteiger partial charge in [-0.25, -0.2) is 0 Å². The summed E-state index contributed by atoms with van der Waals surface area (Å²) in [6.07, 6.45) is 3.86. The molecule has 0 N–H and O–H groups in total. The number of ether oxygens (including phenoxy) is 2. The maximum Gasteiger partial charge on any atom is 0.308 e. The summed E-state index contributed by atoms with van der Waals surface area (Å²) in [5, 5.41) is 0. The van der Waals surface area contributed by atoms with Crippen LogP contribution in [0.25, 0.3) is 6.08 Å². The molecule has 16 heavy (non-hydrogen) atoms. The highest BCUT2D eigenvalue weighted by Gasteiger charge is 2.07. The molecule has 0 saturated carbocycles. The van der Waals surface area contributed by atoms with E-state index in [1.807, 2.05) is 32.1 Å². The number of hydrogen-bond acceptors (Lipinski definition) is 3. The van der Waals surface area contributed by atoms with Gasteiger partial charge in [0.25, 0.3) is 0 Å².